The maximum absolute atomic E-state index is 9.55. The molecule has 0 aliphatic heterocycles. The van der Waals surface area contributed by atoms with Crippen LogP contribution in [0.5, 0.6) is 0 Å². The summed E-state index contributed by atoms with van der Waals surface area (Å²) in [5, 5.41) is 13.6. The fraction of sp³-hybridized carbons (Fsp3) is 0.571. The zero-order valence-electron chi connectivity index (χ0n) is 6.87. The summed E-state index contributed by atoms with van der Waals surface area (Å²) in [5.41, 5.74) is 6.11. The minimum absolute atomic E-state index is 0.476. The average Bonchev–Trinajstić information content (AvgIpc) is 2.30. The first-order valence-electron chi connectivity index (χ1n) is 3.72. The van der Waals surface area contributed by atoms with E-state index in [1.807, 2.05) is 0 Å². The lowest BCUT2D eigenvalue weighted by Gasteiger charge is -2.08. The van der Waals surface area contributed by atoms with Crippen molar-refractivity contribution in [1.82, 2.24) is 9.78 Å². The van der Waals surface area contributed by atoms with Crippen LogP contribution < -0.4 is 5.73 Å². The third-order valence-corrected chi connectivity index (χ3v) is 2.06. The van der Waals surface area contributed by atoms with Crippen LogP contribution in [0.1, 0.15) is 18.2 Å². The molecule has 0 aliphatic rings. The van der Waals surface area contributed by atoms with Gasteiger partial charge in [-0.2, -0.15) is 5.10 Å². The summed E-state index contributed by atoms with van der Waals surface area (Å²) in [6.45, 7) is 0.476. The molecule has 1 atom stereocenters. The molecular weight excluding hydrogens is 222 g/mol. The number of aliphatic hydroxyl groups is 1. The normalized spacial score (nSPS) is 13.3. The second kappa shape index (κ2) is 4.02. The summed E-state index contributed by atoms with van der Waals surface area (Å²) in [6.07, 6.45) is 0.0465. The summed E-state index contributed by atoms with van der Waals surface area (Å²) in [6, 6.07) is 1.79. The lowest BCUT2D eigenvalue weighted by molar-refractivity contribution is 0.160. The van der Waals surface area contributed by atoms with Gasteiger partial charge in [-0.1, -0.05) is 0 Å². The Kier molecular flexibility index (Phi) is 3.25. The molecule has 0 aliphatic carbocycles. The van der Waals surface area contributed by atoms with Crippen LogP contribution in [0.25, 0.3) is 0 Å². The lowest BCUT2D eigenvalue weighted by atomic mass is 10.2. The number of nitrogens with zero attached hydrogens (tertiary/aromatic N) is 2. The molecule has 5 heteroatoms. The summed E-state index contributed by atoms with van der Waals surface area (Å²) in [4.78, 5) is 0. The molecule has 1 rings (SSSR count). The van der Waals surface area contributed by atoms with Crippen LogP contribution in [0, 0.1) is 0 Å². The largest absolute Gasteiger partial charge is 0.387 e. The van der Waals surface area contributed by atoms with E-state index in [9.17, 15) is 5.11 Å². The maximum atomic E-state index is 9.55. The van der Waals surface area contributed by atoms with Gasteiger partial charge < -0.3 is 10.8 Å². The number of aromatic nitrogens is 2. The number of aryl methyl sites for hydroxylation is 1. The second-order valence-electron chi connectivity index (χ2n) is 2.61. The molecule has 0 saturated heterocycles. The van der Waals surface area contributed by atoms with Crippen molar-refractivity contribution >= 4 is 15.9 Å². The molecule has 0 aromatic carbocycles. The van der Waals surface area contributed by atoms with Gasteiger partial charge in [0.2, 0.25) is 0 Å². The highest BCUT2D eigenvalue weighted by Gasteiger charge is 2.11. The number of halogens is 1. The van der Waals surface area contributed by atoms with Gasteiger partial charge in [0.05, 0.1) is 11.8 Å². The number of hydrogen-bond acceptors (Lipinski definition) is 3. The second-order valence-corrected chi connectivity index (χ2v) is 3.42. The van der Waals surface area contributed by atoms with Gasteiger partial charge in [-0.15, -0.1) is 0 Å². The number of rotatable bonds is 3. The Morgan fingerprint density at radius 1 is 1.83 bits per heavy atom. The van der Waals surface area contributed by atoms with E-state index >= 15 is 0 Å². The Labute approximate surface area is 79.5 Å². The van der Waals surface area contributed by atoms with Crippen LogP contribution >= 0.6 is 15.9 Å². The third-order valence-electron chi connectivity index (χ3n) is 1.67. The molecule has 0 amide bonds. The van der Waals surface area contributed by atoms with Gasteiger partial charge in [-0.25, -0.2) is 0 Å². The topological polar surface area (TPSA) is 64.1 Å². The number of nitrogens with two attached hydrogens (primary N) is 1. The van der Waals surface area contributed by atoms with Crippen LogP contribution in [0.15, 0.2) is 10.7 Å². The van der Waals surface area contributed by atoms with Gasteiger partial charge in [0.15, 0.2) is 0 Å². The molecule has 0 saturated carbocycles. The smallest absolute Gasteiger partial charge is 0.128 e. The molecule has 0 radical (unpaired) electrons. The molecule has 0 spiro atoms. The molecular formula is C7H12BrN3O. The first-order valence-corrected chi connectivity index (χ1v) is 4.52. The van der Waals surface area contributed by atoms with E-state index in [-0.39, 0.29) is 0 Å². The fourth-order valence-corrected chi connectivity index (χ4v) is 1.54. The molecule has 1 unspecified atom stereocenters. The summed E-state index contributed by atoms with van der Waals surface area (Å²) < 4.78 is 2.38. The van der Waals surface area contributed by atoms with Crippen LogP contribution in [0.3, 0.4) is 0 Å². The van der Waals surface area contributed by atoms with E-state index in [4.69, 9.17) is 5.73 Å². The number of aliphatic hydroxyl groups excluding tert-OH is 1. The monoisotopic (exact) mass is 233 g/mol. The lowest BCUT2D eigenvalue weighted by Crippen LogP contribution is -2.10. The van der Waals surface area contributed by atoms with Crippen molar-refractivity contribution in [2.75, 3.05) is 6.54 Å². The van der Waals surface area contributed by atoms with Gasteiger partial charge in [0.1, 0.15) is 4.60 Å². The van der Waals surface area contributed by atoms with E-state index in [0.29, 0.717) is 13.0 Å². The van der Waals surface area contributed by atoms with Gasteiger partial charge in [-0.3, -0.25) is 4.68 Å². The predicted molar refractivity (Wildman–Crippen MR) is 49.5 cm³/mol. The molecule has 0 fully saturated rings. The number of hydrogen-bond donors (Lipinski definition) is 2. The standard InChI is InChI=1S/C7H12BrN3O/c1-11-5(4-7(8)10-11)6(12)2-3-9/h4,6,12H,2-3,9H2,1H3. The maximum Gasteiger partial charge on any atom is 0.128 e. The highest BCUT2D eigenvalue weighted by Crippen LogP contribution is 2.18. The van der Waals surface area contributed by atoms with E-state index in [2.05, 4.69) is 21.0 Å². The fourth-order valence-electron chi connectivity index (χ4n) is 1.06. The molecule has 0 bridgehead atoms. The minimum Gasteiger partial charge on any atom is -0.387 e. The van der Waals surface area contributed by atoms with E-state index in [1.54, 1.807) is 17.8 Å². The molecule has 3 N–H and O–H groups in total. The quantitative estimate of drug-likeness (QED) is 0.803. The van der Waals surface area contributed by atoms with E-state index in [0.717, 1.165) is 10.3 Å². The molecule has 12 heavy (non-hydrogen) atoms. The zero-order valence-corrected chi connectivity index (χ0v) is 8.45. The third kappa shape index (κ3) is 2.06. The van der Waals surface area contributed by atoms with Gasteiger partial charge in [0, 0.05) is 7.05 Å². The molecule has 1 heterocycles. The molecule has 4 nitrogen and oxygen atoms in total. The van der Waals surface area contributed by atoms with E-state index in [1.165, 1.54) is 0 Å². The van der Waals surface area contributed by atoms with Crippen molar-refractivity contribution in [3.8, 4) is 0 Å². The molecule has 1 aromatic heterocycles. The summed E-state index contributed by atoms with van der Waals surface area (Å²) in [7, 11) is 1.79. The van der Waals surface area contributed by atoms with E-state index < -0.39 is 6.10 Å². The van der Waals surface area contributed by atoms with Crippen LogP contribution in [0.4, 0.5) is 0 Å². The van der Waals surface area contributed by atoms with Crippen LogP contribution in [-0.4, -0.2) is 21.4 Å². The first-order chi connectivity index (χ1) is 5.65. The Bertz CT molecular complexity index is 261. The van der Waals surface area contributed by atoms with Gasteiger partial charge >= 0.3 is 0 Å². The Morgan fingerprint density at radius 2 is 2.50 bits per heavy atom. The van der Waals surface area contributed by atoms with Gasteiger partial charge in [0.25, 0.3) is 0 Å². The van der Waals surface area contributed by atoms with Crippen molar-refractivity contribution in [2.45, 2.75) is 12.5 Å². The first kappa shape index (κ1) is 9.70. The Hall–Kier alpha value is -0.390. The summed E-state index contributed by atoms with van der Waals surface area (Å²) in [5.74, 6) is 0. The Morgan fingerprint density at radius 3 is 2.92 bits per heavy atom. The summed E-state index contributed by atoms with van der Waals surface area (Å²) >= 11 is 3.23. The highest BCUT2D eigenvalue weighted by atomic mass is 79.9. The predicted octanol–water partition coefficient (Wildman–Crippen LogP) is 0.565. The Balaban J connectivity index is 2.79. The molecule has 1 aromatic rings. The van der Waals surface area contributed by atoms with Crippen molar-refractivity contribution < 1.29 is 5.11 Å². The minimum atomic E-state index is -0.515. The average molecular weight is 234 g/mol. The van der Waals surface area contributed by atoms with Crippen molar-refractivity contribution in [3.05, 3.63) is 16.4 Å². The van der Waals surface area contributed by atoms with Crippen LogP contribution in [-0.2, 0) is 7.05 Å². The van der Waals surface area contributed by atoms with Gasteiger partial charge in [-0.05, 0) is 35.0 Å². The zero-order chi connectivity index (χ0) is 9.14. The SMILES string of the molecule is Cn1nc(Br)cc1C(O)CCN. The van der Waals surface area contributed by atoms with Crippen LogP contribution in [0.2, 0.25) is 0 Å². The molecule has 68 valence electrons. The van der Waals surface area contributed by atoms with Crippen molar-refractivity contribution in [1.29, 1.82) is 0 Å². The van der Waals surface area contributed by atoms with Crippen molar-refractivity contribution in [2.24, 2.45) is 12.8 Å². The van der Waals surface area contributed by atoms with Crippen molar-refractivity contribution in [3.63, 3.8) is 0 Å². The highest BCUT2D eigenvalue weighted by molar-refractivity contribution is 9.10.